The summed E-state index contributed by atoms with van der Waals surface area (Å²) in [6.45, 7) is 0.600. The standard InChI is InChI=1S/C16H18N2O2S/c1-18(11-14-7-8-21-12-14)16(20)10-17-15(19)9-13-5-3-2-4-6-13/h2-8,12H,9-11H2,1H3,(H,17,19). The highest BCUT2D eigenvalue weighted by Gasteiger charge is 2.11. The highest BCUT2D eigenvalue weighted by atomic mass is 32.1. The Labute approximate surface area is 128 Å². The summed E-state index contributed by atoms with van der Waals surface area (Å²) in [5.74, 6) is -0.235. The summed E-state index contributed by atoms with van der Waals surface area (Å²) in [5, 5.41) is 6.66. The second-order valence-electron chi connectivity index (χ2n) is 4.82. The van der Waals surface area contributed by atoms with Gasteiger partial charge in [-0.2, -0.15) is 11.3 Å². The molecule has 4 nitrogen and oxygen atoms in total. The fourth-order valence-corrected chi connectivity index (χ4v) is 2.56. The van der Waals surface area contributed by atoms with Crippen LogP contribution < -0.4 is 5.32 Å². The Morgan fingerprint density at radius 2 is 1.90 bits per heavy atom. The Bertz CT molecular complexity index is 582. The Morgan fingerprint density at radius 3 is 2.57 bits per heavy atom. The number of nitrogens with zero attached hydrogens (tertiary/aromatic N) is 1. The average molecular weight is 302 g/mol. The van der Waals surface area contributed by atoms with Gasteiger partial charge in [-0.15, -0.1) is 0 Å². The monoisotopic (exact) mass is 302 g/mol. The summed E-state index contributed by atoms with van der Waals surface area (Å²) in [5.41, 5.74) is 2.04. The summed E-state index contributed by atoms with van der Waals surface area (Å²) in [6, 6.07) is 11.5. The van der Waals surface area contributed by atoms with E-state index in [1.54, 1.807) is 23.3 Å². The van der Waals surface area contributed by atoms with Crippen molar-refractivity contribution in [2.24, 2.45) is 0 Å². The average Bonchev–Trinajstić information content (AvgIpc) is 2.98. The van der Waals surface area contributed by atoms with Crippen LogP contribution in [0.5, 0.6) is 0 Å². The van der Waals surface area contributed by atoms with Crippen molar-refractivity contribution >= 4 is 23.2 Å². The Morgan fingerprint density at radius 1 is 1.14 bits per heavy atom. The molecule has 2 rings (SSSR count). The molecule has 0 saturated carbocycles. The fraction of sp³-hybridized carbons (Fsp3) is 0.250. The summed E-state index contributed by atoms with van der Waals surface area (Å²) in [6.07, 6.45) is 0.294. The first-order valence-corrected chi connectivity index (χ1v) is 7.65. The van der Waals surface area contributed by atoms with E-state index >= 15 is 0 Å². The molecular weight excluding hydrogens is 284 g/mol. The molecule has 0 bridgehead atoms. The van der Waals surface area contributed by atoms with Gasteiger partial charge in [0.15, 0.2) is 0 Å². The smallest absolute Gasteiger partial charge is 0.242 e. The number of likely N-dealkylation sites (N-methyl/N-ethyl adjacent to an activating group) is 1. The van der Waals surface area contributed by atoms with E-state index in [1.807, 2.05) is 47.2 Å². The van der Waals surface area contributed by atoms with Crippen molar-refractivity contribution in [2.75, 3.05) is 13.6 Å². The first kappa shape index (κ1) is 15.3. The zero-order valence-corrected chi connectivity index (χ0v) is 12.7. The molecule has 1 N–H and O–H groups in total. The topological polar surface area (TPSA) is 49.4 Å². The maximum atomic E-state index is 11.9. The van der Waals surface area contributed by atoms with Crippen molar-refractivity contribution in [3.63, 3.8) is 0 Å². The molecule has 1 heterocycles. The number of rotatable bonds is 6. The minimum atomic E-state index is -0.140. The van der Waals surface area contributed by atoms with Crippen LogP contribution in [0.3, 0.4) is 0 Å². The molecule has 110 valence electrons. The molecule has 0 aliphatic carbocycles. The summed E-state index contributed by atoms with van der Waals surface area (Å²) >= 11 is 1.61. The number of nitrogens with one attached hydrogen (secondary N) is 1. The predicted octanol–water partition coefficient (Wildman–Crippen LogP) is 2.07. The van der Waals surface area contributed by atoms with Crippen molar-refractivity contribution in [3.8, 4) is 0 Å². The summed E-state index contributed by atoms with van der Waals surface area (Å²) in [4.78, 5) is 25.3. The highest BCUT2D eigenvalue weighted by Crippen LogP contribution is 2.08. The number of hydrogen-bond acceptors (Lipinski definition) is 3. The molecular formula is C16H18N2O2S. The van der Waals surface area contributed by atoms with Crippen LogP contribution in [0.1, 0.15) is 11.1 Å². The molecule has 0 saturated heterocycles. The third kappa shape index (κ3) is 5.04. The Hall–Kier alpha value is -2.14. The molecule has 21 heavy (non-hydrogen) atoms. The van der Waals surface area contributed by atoms with Crippen molar-refractivity contribution in [1.82, 2.24) is 10.2 Å². The van der Waals surface area contributed by atoms with E-state index in [9.17, 15) is 9.59 Å². The van der Waals surface area contributed by atoms with Crippen LogP contribution in [0, 0.1) is 0 Å². The molecule has 5 heteroatoms. The Kier molecular flexibility index (Phi) is 5.51. The van der Waals surface area contributed by atoms with E-state index in [4.69, 9.17) is 0 Å². The van der Waals surface area contributed by atoms with Crippen LogP contribution >= 0.6 is 11.3 Å². The van der Waals surface area contributed by atoms with Gasteiger partial charge < -0.3 is 10.2 Å². The molecule has 0 unspecified atom stereocenters. The number of benzene rings is 1. The minimum Gasteiger partial charge on any atom is -0.347 e. The van der Waals surface area contributed by atoms with Crippen LogP contribution in [-0.2, 0) is 22.6 Å². The zero-order chi connectivity index (χ0) is 15.1. The number of hydrogen-bond donors (Lipinski definition) is 1. The molecule has 0 aliphatic rings. The van der Waals surface area contributed by atoms with Crippen LogP contribution in [0.15, 0.2) is 47.2 Å². The lowest BCUT2D eigenvalue weighted by atomic mass is 10.1. The first-order chi connectivity index (χ1) is 10.1. The van der Waals surface area contributed by atoms with Crippen molar-refractivity contribution in [3.05, 3.63) is 58.3 Å². The molecule has 1 aromatic heterocycles. The van der Waals surface area contributed by atoms with Crippen LogP contribution in [0.4, 0.5) is 0 Å². The molecule has 1 aromatic carbocycles. The fourth-order valence-electron chi connectivity index (χ4n) is 1.90. The van der Waals surface area contributed by atoms with E-state index < -0.39 is 0 Å². The molecule has 2 aromatic rings. The van der Waals surface area contributed by atoms with E-state index in [0.717, 1.165) is 11.1 Å². The Balaban J connectivity index is 1.74. The van der Waals surface area contributed by atoms with Crippen molar-refractivity contribution in [1.29, 1.82) is 0 Å². The predicted molar refractivity (Wildman–Crippen MR) is 83.9 cm³/mol. The largest absolute Gasteiger partial charge is 0.347 e. The number of carbonyl (C=O) groups is 2. The summed E-state index contributed by atoms with van der Waals surface area (Å²) in [7, 11) is 1.74. The first-order valence-electron chi connectivity index (χ1n) is 6.71. The van der Waals surface area contributed by atoms with Gasteiger partial charge in [0.05, 0.1) is 13.0 Å². The van der Waals surface area contributed by atoms with E-state index in [1.165, 1.54) is 0 Å². The highest BCUT2D eigenvalue weighted by molar-refractivity contribution is 7.07. The third-order valence-corrected chi connectivity index (χ3v) is 3.80. The van der Waals surface area contributed by atoms with Crippen LogP contribution in [0.2, 0.25) is 0 Å². The van der Waals surface area contributed by atoms with Gasteiger partial charge in [0.2, 0.25) is 11.8 Å². The van der Waals surface area contributed by atoms with E-state index in [2.05, 4.69) is 5.32 Å². The van der Waals surface area contributed by atoms with Crippen LogP contribution in [0.25, 0.3) is 0 Å². The lowest BCUT2D eigenvalue weighted by Gasteiger charge is -2.16. The van der Waals surface area contributed by atoms with Crippen LogP contribution in [-0.4, -0.2) is 30.3 Å². The number of amides is 2. The SMILES string of the molecule is CN(Cc1ccsc1)C(=O)CNC(=O)Cc1ccccc1. The van der Waals surface area contributed by atoms with Gasteiger partial charge in [0.1, 0.15) is 0 Å². The van der Waals surface area contributed by atoms with Gasteiger partial charge in [-0.1, -0.05) is 30.3 Å². The minimum absolute atomic E-state index is 0.0340. The van der Waals surface area contributed by atoms with Gasteiger partial charge in [-0.3, -0.25) is 9.59 Å². The third-order valence-electron chi connectivity index (χ3n) is 3.07. The number of thiophene rings is 1. The molecule has 0 aliphatic heterocycles. The quantitative estimate of drug-likeness (QED) is 0.888. The van der Waals surface area contributed by atoms with E-state index in [0.29, 0.717) is 13.0 Å². The number of carbonyl (C=O) groups excluding carboxylic acids is 2. The van der Waals surface area contributed by atoms with Gasteiger partial charge in [-0.05, 0) is 28.0 Å². The second kappa shape index (κ2) is 7.59. The molecule has 0 atom stereocenters. The van der Waals surface area contributed by atoms with Gasteiger partial charge in [-0.25, -0.2) is 0 Å². The van der Waals surface area contributed by atoms with E-state index in [-0.39, 0.29) is 18.4 Å². The lowest BCUT2D eigenvalue weighted by molar-refractivity contribution is -0.132. The van der Waals surface area contributed by atoms with Gasteiger partial charge in [0.25, 0.3) is 0 Å². The normalized spacial score (nSPS) is 10.1. The van der Waals surface area contributed by atoms with Crippen molar-refractivity contribution < 1.29 is 9.59 Å². The molecule has 0 fully saturated rings. The lowest BCUT2D eigenvalue weighted by Crippen LogP contribution is -2.38. The molecule has 0 spiro atoms. The molecule has 0 radical (unpaired) electrons. The second-order valence-corrected chi connectivity index (χ2v) is 5.60. The van der Waals surface area contributed by atoms with Crippen molar-refractivity contribution in [2.45, 2.75) is 13.0 Å². The van der Waals surface area contributed by atoms with Gasteiger partial charge in [0, 0.05) is 13.6 Å². The van der Waals surface area contributed by atoms with Gasteiger partial charge >= 0.3 is 0 Å². The summed E-state index contributed by atoms with van der Waals surface area (Å²) < 4.78 is 0. The zero-order valence-electron chi connectivity index (χ0n) is 11.9. The maximum absolute atomic E-state index is 11.9. The maximum Gasteiger partial charge on any atom is 0.242 e. The molecule has 2 amide bonds.